The Morgan fingerprint density at radius 1 is 1.32 bits per heavy atom. The van der Waals surface area contributed by atoms with Gasteiger partial charge in [-0.3, -0.25) is 15.0 Å². The largest absolute Gasteiger partial charge is 0.324 e. The van der Waals surface area contributed by atoms with Crippen molar-refractivity contribution in [2.75, 3.05) is 10.6 Å². The lowest BCUT2D eigenvalue weighted by Crippen LogP contribution is -2.20. The molecule has 6 heteroatoms. The van der Waals surface area contributed by atoms with Crippen LogP contribution in [0.25, 0.3) is 0 Å². The van der Waals surface area contributed by atoms with E-state index in [9.17, 15) is 4.79 Å². The van der Waals surface area contributed by atoms with Crippen molar-refractivity contribution < 1.29 is 4.79 Å². The van der Waals surface area contributed by atoms with Gasteiger partial charge in [0, 0.05) is 36.4 Å². The van der Waals surface area contributed by atoms with E-state index in [1.165, 1.54) is 0 Å². The fourth-order valence-corrected chi connectivity index (χ4v) is 1.58. The minimum Gasteiger partial charge on any atom is -0.307 e. The van der Waals surface area contributed by atoms with E-state index in [0.717, 1.165) is 11.3 Å². The van der Waals surface area contributed by atoms with Crippen molar-refractivity contribution in [1.29, 1.82) is 0 Å². The van der Waals surface area contributed by atoms with Crippen LogP contribution in [0.5, 0.6) is 0 Å². The molecule has 0 unspecified atom stereocenters. The zero-order valence-corrected chi connectivity index (χ0v) is 11.2. The second-order valence-electron chi connectivity index (χ2n) is 4.54. The third-order valence-corrected chi connectivity index (χ3v) is 2.65. The number of urea groups is 1. The predicted molar refractivity (Wildman–Crippen MR) is 74.2 cm³/mol. The van der Waals surface area contributed by atoms with Gasteiger partial charge in [-0.25, -0.2) is 4.79 Å². The summed E-state index contributed by atoms with van der Waals surface area (Å²) in [5.74, 6) is 0.526. The molecule has 100 valence electrons. The number of nitrogens with zero attached hydrogens (tertiary/aromatic N) is 3. The summed E-state index contributed by atoms with van der Waals surface area (Å²) in [5.41, 5.74) is 1.64. The van der Waals surface area contributed by atoms with Gasteiger partial charge >= 0.3 is 6.03 Å². The third-order valence-electron chi connectivity index (χ3n) is 2.65. The van der Waals surface area contributed by atoms with Gasteiger partial charge in [-0.05, 0) is 32.4 Å². The van der Waals surface area contributed by atoms with Crippen LogP contribution in [-0.2, 0) is 0 Å². The van der Waals surface area contributed by atoms with Crippen molar-refractivity contribution in [2.24, 2.45) is 0 Å². The van der Waals surface area contributed by atoms with Gasteiger partial charge in [0.05, 0.1) is 0 Å². The summed E-state index contributed by atoms with van der Waals surface area (Å²) in [5, 5.41) is 9.69. The van der Waals surface area contributed by atoms with E-state index < -0.39 is 0 Å². The highest BCUT2D eigenvalue weighted by atomic mass is 16.2. The zero-order valence-electron chi connectivity index (χ0n) is 11.2. The highest BCUT2D eigenvalue weighted by molar-refractivity contribution is 5.99. The molecular weight excluding hydrogens is 242 g/mol. The minimum absolute atomic E-state index is 0.265. The molecule has 0 fully saturated rings. The van der Waals surface area contributed by atoms with E-state index >= 15 is 0 Å². The number of anilines is 2. The maximum absolute atomic E-state index is 11.8. The second-order valence-corrected chi connectivity index (χ2v) is 4.54. The number of hydrogen-bond donors (Lipinski definition) is 2. The molecule has 2 aromatic heterocycles. The fraction of sp³-hybridized carbons (Fsp3) is 0.308. The Kier molecular flexibility index (Phi) is 3.79. The minimum atomic E-state index is -0.316. The fourth-order valence-electron chi connectivity index (χ4n) is 1.58. The molecule has 0 aromatic carbocycles. The van der Waals surface area contributed by atoms with Gasteiger partial charge in [0.15, 0.2) is 5.82 Å². The SMILES string of the molecule is Cc1cnccc1NC(=O)Nc1ccn(C(C)C)n1. The molecule has 0 atom stereocenters. The van der Waals surface area contributed by atoms with Gasteiger partial charge in [-0.15, -0.1) is 0 Å². The molecule has 0 aliphatic heterocycles. The summed E-state index contributed by atoms with van der Waals surface area (Å²) >= 11 is 0. The molecule has 2 N–H and O–H groups in total. The molecule has 2 amide bonds. The van der Waals surface area contributed by atoms with E-state index in [-0.39, 0.29) is 12.1 Å². The number of aryl methyl sites for hydroxylation is 1. The number of rotatable bonds is 3. The van der Waals surface area contributed by atoms with Gasteiger partial charge in [0.25, 0.3) is 0 Å². The van der Waals surface area contributed by atoms with Crippen molar-refractivity contribution in [3.8, 4) is 0 Å². The second kappa shape index (κ2) is 5.51. The van der Waals surface area contributed by atoms with Crippen LogP contribution >= 0.6 is 0 Å². The Hall–Kier alpha value is -2.37. The van der Waals surface area contributed by atoms with Crippen LogP contribution in [0.2, 0.25) is 0 Å². The van der Waals surface area contributed by atoms with Crippen molar-refractivity contribution >= 4 is 17.5 Å². The summed E-state index contributed by atoms with van der Waals surface area (Å²) in [6.45, 7) is 5.93. The number of nitrogens with one attached hydrogen (secondary N) is 2. The molecule has 0 saturated heterocycles. The van der Waals surface area contributed by atoms with Crippen LogP contribution in [-0.4, -0.2) is 20.8 Å². The van der Waals surface area contributed by atoms with Gasteiger partial charge in [0.1, 0.15) is 0 Å². The summed E-state index contributed by atoms with van der Waals surface area (Å²) in [6.07, 6.45) is 5.16. The quantitative estimate of drug-likeness (QED) is 0.890. The zero-order chi connectivity index (χ0) is 13.8. The Bertz CT molecular complexity index is 576. The summed E-state index contributed by atoms with van der Waals surface area (Å²) < 4.78 is 1.79. The number of carbonyl (C=O) groups is 1. The maximum Gasteiger partial charge on any atom is 0.324 e. The van der Waals surface area contributed by atoms with E-state index in [1.807, 2.05) is 27.0 Å². The first-order valence-corrected chi connectivity index (χ1v) is 6.10. The highest BCUT2D eigenvalue weighted by Crippen LogP contribution is 2.13. The lowest BCUT2D eigenvalue weighted by Gasteiger charge is -2.08. The predicted octanol–water partition coefficient (Wildman–Crippen LogP) is 2.81. The first kappa shape index (κ1) is 13.1. The Balaban J connectivity index is 1.99. The Morgan fingerprint density at radius 3 is 2.74 bits per heavy atom. The molecular formula is C13H17N5O. The number of hydrogen-bond acceptors (Lipinski definition) is 3. The lowest BCUT2D eigenvalue weighted by molar-refractivity contribution is 0.262. The average Bonchev–Trinajstić information content (AvgIpc) is 2.80. The standard InChI is InChI=1S/C13H17N5O/c1-9(2)18-7-5-12(17-18)16-13(19)15-11-4-6-14-8-10(11)3/h4-9H,1-3H3,(H2,14,15,16,17,19). The van der Waals surface area contributed by atoms with Crippen molar-refractivity contribution in [3.63, 3.8) is 0 Å². The Morgan fingerprint density at radius 2 is 2.11 bits per heavy atom. The first-order valence-electron chi connectivity index (χ1n) is 6.10. The van der Waals surface area contributed by atoms with Gasteiger partial charge in [-0.2, -0.15) is 5.10 Å². The number of pyridine rings is 1. The maximum atomic E-state index is 11.8. The first-order chi connectivity index (χ1) is 9.06. The van der Waals surface area contributed by atoms with Gasteiger partial charge in [0.2, 0.25) is 0 Å². The van der Waals surface area contributed by atoms with Crippen molar-refractivity contribution in [3.05, 3.63) is 36.3 Å². The van der Waals surface area contributed by atoms with Crippen LogP contribution in [0, 0.1) is 6.92 Å². The topological polar surface area (TPSA) is 71.8 Å². The van der Waals surface area contributed by atoms with Gasteiger partial charge in [-0.1, -0.05) is 0 Å². The molecule has 0 radical (unpaired) electrons. The van der Waals surface area contributed by atoms with Crippen LogP contribution in [0.3, 0.4) is 0 Å². The molecule has 0 spiro atoms. The normalized spacial score (nSPS) is 10.5. The van der Waals surface area contributed by atoms with Gasteiger partial charge < -0.3 is 5.32 Å². The molecule has 2 rings (SSSR count). The van der Waals surface area contributed by atoms with Crippen molar-refractivity contribution in [1.82, 2.24) is 14.8 Å². The molecule has 0 aliphatic rings. The molecule has 19 heavy (non-hydrogen) atoms. The molecule has 0 saturated carbocycles. The van der Waals surface area contributed by atoms with Crippen LogP contribution < -0.4 is 10.6 Å². The van der Waals surface area contributed by atoms with Crippen molar-refractivity contribution in [2.45, 2.75) is 26.8 Å². The smallest absolute Gasteiger partial charge is 0.307 e. The van der Waals surface area contributed by atoms with E-state index in [2.05, 4.69) is 20.7 Å². The summed E-state index contributed by atoms with van der Waals surface area (Å²) in [7, 11) is 0. The molecule has 6 nitrogen and oxygen atoms in total. The number of amides is 2. The molecule has 2 heterocycles. The highest BCUT2D eigenvalue weighted by Gasteiger charge is 2.07. The average molecular weight is 259 g/mol. The van der Waals surface area contributed by atoms with Crippen LogP contribution in [0.15, 0.2) is 30.7 Å². The summed E-state index contributed by atoms with van der Waals surface area (Å²) in [6, 6.07) is 3.46. The van der Waals surface area contributed by atoms with Crippen LogP contribution in [0.1, 0.15) is 25.5 Å². The lowest BCUT2D eigenvalue weighted by atomic mass is 10.2. The molecule has 0 bridgehead atoms. The number of aromatic nitrogens is 3. The van der Waals surface area contributed by atoms with E-state index in [4.69, 9.17) is 0 Å². The molecule has 0 aliphatic carbocycles. The van der Waals surface area contributed by atoms with E-state index in [1.54, 1.807) is 29.2 Å². The Labute approximate surface area is 111 Å². The monoisotopic (exact) mass is 259 g/mol. The summed E-state index contributed by atoms with van der Waals surface area (Å²) in [4.78, 5) is 15.8. The third kappa shape index (κ3) is 3.31. The van der Waals surface area contributed by atoms with Crippen LogP contribution in [0.4, 0.5) is 16.3 Å². The molecule has 2 aromatic rings. The number of carbonyl (C=O) groups excluding carboxylic acids is 1. The van der Waals surface area contributed by atoms with E-state index in [0.29, 0.717) is 5.82 Å².